The first-order chi connectivity index (χ1) is 1.91. The normalized spacial score (nSPS) is 4.80. The predicted octanol–water partition coefficient (Wildman–Crippen LogP) is 0.376. The fourth-order valence-corrected chi connectivity index (χ4v) is 0. The van der Waals surface area contributed by atoms with Crippen LogP contribution in [0.15, 0.2) is 12.7 Å². The van der Waals surface area contributed by atoms with Crippen LogP contribution in [0.5, 0.6) is 0 Å². The number of allylic oxidation sites excluding steroid dienone is 1. The highest BCUT2D eigenvalue weighted by molar-refractivity contribution is 6.09. The van der Waals surface area contributed by atoms with Crippen LogP contribution >= 0.6 is 0 Å². The molecule has 0 spiro atoms. The maximum absolute atomic E-state index is 3.48. The number of hydrogen-bond donors (Lipinski definition) is 0. The Hall–Kier alpha value is -0.265. The van der Waals surface area contributed by atoms with E-state index in [9.17, 15) is 0 Å². The maximum Gasteiger partial charge on any atom is 0.106 e. The van der Waals surface area contributed by atoms with Gasteiger partial charge in [0.2, 0.25) is 0 Å². The van der Waals surface area contributed by atoms with Gasteiger partial charge in [0.05, 0.1) is 0 Å². The fraction of sp³-hybridized carbons (Fsp3) is 0.333. The largest absolute Gasteiger partial charge is 0.269 e. The average Bonchev–Trinajstić information content (AvgIpc) is 1.37. The molecule has 0 aliphatic carbocycles. The van der Waals surface area contributed by atoms with E-state index in [1.807, 2.05) is 6.08 Å². The Kier molecular flexibility index (Phi) is 16.4. The summed E-state index contributed by atoms with van der Waals surface area (Å²) in [4.78, 5) is 0. The van der Waals surface area contributed by atoms with E-state index >= 15 is 0 Å². The van der Waals surface area contributed by atoms with Crippen molar-refractivity contribution in [1.29, 1.82) is 0 Å². The fourth-order valence-electron chi connectivity index (χ4n) is 0. The average molecular weight is 73.9 g/mol. The van der Waals surface area contributed by atoms with Crippen LogP contribution in [-0.2, 0) is 0 Å². The lowest BCUT2D eigenvalue weighted by Crippen LogP contribution is -1.47. The minimum absolute atomic E-state index is 0. The van der Waals surface area contributed by atoms with Gasteiger partial charge in [0.1, 0.15) is 7.85 Å². The molecule has 30 valence electrons. The molecule has 0 saturated heterocycles. The van der Waals surface area contributed by atoms with Gasteiger partial charge in [-0.05, 0) is 0 Å². The van der Waals surface area contributed by atoms with Gasteiger partial charge in [0.25, 0.3) is 0 Å². The zero-order valence-electron chi connectivity index (χ0n) is 3.40. The third kappa shape index (κ3) is 20.8. The van der Waals surface area contributed by atoms with Crippen LogP contribution in [0.2, 0.25) is 6.32 Å². The summed E-state index contributed by atoms with van der Waals surface area (Å²) in [5, 5.41) is 0. The lowest BCUT2D eigenvalue weighted by Gasteiger charge is -1.56. The molecule has 0 aromatic rings. The Morgan fingerprint density at radius 3 is 2.00 bits per heavy atom. The third-order valence-electron chi connectivity index (χ3n) is 0.289. The molecule has 0 aromatic heterocycles. The third-order valence-corrected chi connectivity index (χ3v) is 0.289. The summed E-state index contributed by atoms with van der Waals surface area (Å²) in [5.74, 6) is 0. The molecular weight excluding hydrogens is 65.8 g/mol. The van der Waals surface area contributed by atoms with E-state index < -0.39 is 0 Å². The summed E-state index contributed by atoms with van der Waals surface area (Å²) in [5.41, 5.74) is 0. The SMILES string of the molecule is BCC=C.F. The molecule has 0 N–H and O–H groups in total. The van der Waals surface area contributed by atoms with Crippen molar-refractivity contribution in [3.8, 4) is 0 Å². The first kappa shape index (κ1) is 8.83. The van der Waals surface area contributed by atoms with E-state index in [0.717, 1.165) is 6.32 Å². The van der Waals surface area contributed by atoms with Gasteiger partial charge in [-0.3, -0.25) is 4.70 Å². The number of hydrogen-bond acceptors (Lipinski definition) is 0. The van der Waals surface area contributed by atoms with Crippen molar-refractivity contribution in [2.45, 2.75) is 6.32 Å². The second-order valence-electron chi connectivity index (χ2n) is 0.697. The van der Waals surface area contributed by atoms with Crippen LogP contribution in [0.25, 0.3) is 0 Å². The molecule has 0 unspecified atom stereocenters. The monoisotopic (exact) mass is 74.1 g/mol. The molecule has 0 heterocycles. The van der Waals surface area contributed by atoms with E-state index in [2.05, 4.69) is 14.4 Å². The van der Waals surface area contributed by atoms with Gasteiger partial charge in [-0.25, -0.2) is 0 Å². The molecular formula is C3H8BF. The van der Waals surface area contributed by atoms with Gasteiger partial charge in [-0.1, -0.05) is 12.4 Å². The standard InChI is InChI=1S/C3H7B.FH/c1-2-3-4;/h2H,1,3-4H2;1H. The van der Waals surface area contributed by atoms with E-state index in [1.54, 1.807) is 0 Å². The second-order valence-corrected chi connectivity index (χ2v) is 0.697. The second kappa shape index (κ2) is 9.28. The van der Waals surface area contributed by atoms with Crippen LogP contribution in [0.4, 0.5) is 4.70 Å². The molecule has 0 nitrogen and oxygen atoms in total. The summed E-state index contributed by atoms with van der Waals surface area (Å²) in [7, 11) is 2.06. The van der Waals surface area contributed by atoms with E-state index in [1.165, 1.54) is 0 Å². The first-order valence-electron chi connectivity index (χ1n) is 1.52. The topological polar surface area (TPSA) is 0 Å². The molecule has 0 bridgehead atoms. The summed E-state index contributed by atoms with van der Waals surface area (Å²) >= 11 is 0. The zero-order valence-corrected chi connectivity index (χ0v) is 3.40. The highest BCUT2D eigenvalue weighted by atomic mass is 19.0. The minimum atomic E-state index is 0. The van der Waals surface area contributed by atoms with Gasteiger partial charge < -0.3 is 0 Å². The Bertz CT molecular complexity index is 20.9. The van der Waals surface area contributed by atoms with Crippen LogP contribution in [0.1, 0.15) is 0 Å². The Morgan fingerprint density at radius 2 is 2.00 bits per heavy atom. The van der Waals surface area contributed by atoms with Gasteiger partial charge >= 0.3 is 0 Å². The van der Waals surface area contributed by atoms with Crippen LogP contribution in [-0.4, -0.2) is 7.85 Å². The summed E-state index contributed by atoms with van der Waals surface area (Å²) < 4.78 is 0. The molecule has 0 aliphatic heterocycles. The lowest BCUT2D eigenvalue weighted by molar-refractivity contribution is 1.11. The molecule has 0 aromatic carbocycles. The molecule has 0 radical (unpaired) electrons. The molecule has 0 aliphatic rings. The predicted molar refractivity (Wildman–Crippen MR) is 26.1 cm³/mol. The van der Waals surface area contributed by atoms with E-state index in [0.29, 0.717) is 0 Å². The smallest absolute Gasteiger partial charge is 0.106 e. The van der Waals surface area contributed by atoms with Crippen molar-refractivity contribution in [2.75, 3.05) is 0 Å². The van der Waals surface area contributed by atoms with Gasteiger partial charge in [-0.2, -0.15) is 0 Å². The minimum Gasteiger partial charge on any atom is -0.269 e. The summed E-state index contributed by atoms with van der Waals surface area (Å²) in [6.07, 6.45) is 2.96. The molecule has 2 heteroatoms. The molecule has 0 rings (SSSR count). The van der Waals surface area contributed by atoms with Crippen LogP contribution < -0.4 is 0 Å². The zero-order chi connectivity index (χ0) is 3.41. The Morgan fingerprint density at radius 1 is 1.80 bits per heavy atom. The molecule has 0 atom stereocenters. The van der Waals surface area contributed by atoms with Crippen molar-refractivity contribution < 1.29 is 4.70 Å². The lowest BCUT2D eigenvalue weighted by atomic mass is 10.1. The Balaban J connectivity index is 0. The van der Waals surface area contributed by atoms with Crippen molar-refractivity contribution >= 4 is 7.85 Å². The van der Waals surface area contributed by atoms with E-state index in [4.69, 9.17) is 0 Å². The van der Waals surface area contributed by atoms with Crippen molar-refractivity contribution in [1.82, 2.24) is 0 Å². The molecule has 0 saturated carbocycles. The summed E-state index contributed by atoms with van der Waals surface area (Å²) in [6, 6.07) is 0. The van der Waals surface area contributed by atoms with E-state index in [-0.39, 0.29) is 4.70 Å². The highest BCUT2D eigenvalue weighted by Gasteiger charge is 1.47. The van der Waals surface area contributed by atoms with Gasteiger partial charge in [0.15, 0.2) is 0 Å². The Labute approximate surface area is 32.7 Å². The molecule has 0 amide bonds. The summed E-state index contributed by atoms with van der Waals surface area (Å²) in [6.45, 7) is 3.48. The van der Waals surface area contributed by atoms with Crippen molar-refractivity contribution in [3.63, 3.8) is 0 Å². The van der Waals surface area contributed by atoms with Crippen LogP contribution in [0.3, 0.4) is 0 Å². The highest BCUT2D eigenvalue weighted by Crippen LogP contribution is 1.61. The van der Waals surface area contributed by atoms with Crippen molar-refractivity contribution in [2.24, 2.45) is 0 Å². The molecule has 5 heavy (non-hydrogen) atoms. The van der Waals surface area contributed by atoms with Gasteiger partial charge in [0, 0.05) is 0 Å². The van der Waals surface area contributed by atoms with Crippen LogP contribution in [0, 0.1) is 0 Å². The van der Waals surface area contributed by atoms with Gasteiger partial charge in [-0.15, -0.1) is 6.58 Å². The maximum atomic E-state index is 3.48. The first-order valence-corrected chi connectivity index (χ1v) is 1.52. The number of halogens is 1. The van der Waals surface area contributed by atoms with Crippen molar-refractivity contribution in [3.05, 3.63) is 12.7 Å². The quantitative estimate of drug-likeness (QED) is 0.311. The number of rotatable bonds is 1. The molecule has 0 fully saturated rings.